The third-order valence-corrected chi connectivity index (χ3v) is 3.47. The van der Waals surface area contributed by atoms with E-state index in [1.807, 2.05) is 26.0 Å². The van der Waals surface area contributed by atoms with Gasteiger partial charge >= 0.3 is 5.97 Å². The number of carboxylic acid groups (broad SMARTS) is 1. The first-order valence-electron chi connectivity index (χ1n) is 6.54. The second-order valence-electron chi connectivity index (χ2n) is 5.01. The molecule has 0 amide bonds. The van der Waals surface area contributed by atoms with Crippen LogP contribution >= 0.6 is 15.9 Å². The molecular formula is C15H16BrNO4. The maximum atomic E-state index is 10.9. The van der Waals surface area contributed by atoms with Crippen LogP contribution in [0.2, 0.25) is 0 Å². The maximum Gasteiger partial charge on any atom is 0.344 e. The zero-order valence-electron chi connectivity index (χ0n) is 12.0. The molecular weight excluding hydrogens is 338 g/mol. The van der Waals surface area contributed by atoms with Crippen LogP contribution in [0.15, 0.2) is 33.3 Å². The average molecular weight is 354 g/mol. The number of benzene rings is 1. The predicted molar refractivity (Wildman–Crippen MR) is 81.5 cm³/mol. The first kappa shape index (κ1) is 15.6. The number of aliphatic carboxylic acids is 1. The van der Waals surface area contributed by atoms with Crippen LogP contribution in [0.5, 0.6) is 5.75 Å². The van der Waals surface area contributed by atoms with Crippen molar-refractivity contribution >= 4 is 21.9 Å². The summed E-state index contributed by atoms with van der Waals surface area (Å²) in [5, 5.41) is 13.0. The number of hydrogen-bond acceptors (Lipinski definition) is 4. The number of rotatable bonds is 5. The van der Waals surface area contributed by atoms with Crippen molar-refractivity contribution in [1.82, 2.24) is 5.16 Å². The van der Waals surface area contributed by atoms with Gasteiger partial charge in [0.05, 0.1) is 11.3 Å². The van der Waals surface area contributed by atoms with Crippen LogP contribution in [0.3, 0.4) is 0 Å². The third kappa shape index (κ3) is 3.64. The number of aromatic nitrogens is 1. The smallest absolute Gasteiger partial charge is 0.344 e. The zero-order chi connectivity index (χ0) is 15.6. The van der Waals surface area contributed by atoms with Crippen LogP contribution < -0.4 is 4.74 Å². The molecule has 0 aliphatic carbocycles. The zero-order valence-corrected chi connectivity index (χ0v) is 13.5. The molecule has 1 N–H and O–H groups in total. The number of nitrogens with zero attached hydrogens (tertiary/aromatic N) is 1. The van der Waals surface area contributed by atoms with E-state index in [1.54, 1.807) is 12.1 Å². The lowest BCUT2D eigenvalue weighted by atomic mass is 10.1. The summed E-state index contributed by atoms with van der Waals surface area (Å²) in [6, 6.07) is 7.14. The minimum atomic E-state index is -1.02. The lowest BCUT2D eigenvalue weighted by molar-refractivity contribution is -0.144. The Hall–Kier alpha value is -1.82. The van der Waals surface area contributed by atoms with Gasteiger partial charge in [-0.3, -0.25) is 0 Å². The van der Waals surface area contributed by atoms with Crippen molar-refractivity contribution in [3.63, 3.8) is 0 Å². The van der Waals surface area contributed by atoms with Crippen molar-refractivity contribution < 1.29 is 19.2 Å². The van der Waals surface area contributed by atoms with Crippen molar-refractivity contribution in [3.05, 3.63) is 34.4 Å². The van der Waals surface area contributed by atoms with Crippen molar-refractivity contribution in [2.75, 3.05) is 0 Å². The van der Waals surface area contributed by atoms with Crippen LogP contribution in [0.1, 0.15) is 32.4 Å². The molecule has 1 atom stereocenters. The van der Waals surface area contributed by atoms with Gasteiger partial charge in [-0.15, -0.1) is 0 Å². The van der Waals surface area contributed by atoms with E-state index < -0.39 is 12.1 Å². The Kier molecular flexibility index (Phi) is 4.67. The van der Waals surface area contributed by atoms with E-state index in [1.165, 1.54) is 6.92 Å². The summed E-state index contributed by atoms with van der Waals surface area (Å²) in [7, 11) is 0. The fourth-order valence-electron chi connectivity index (χ4n) is 1.73. The molecule has 5 nitrogen and oxygen atoms in total. The van der Waals surface area contributed by atoms with Crippen LogP contribution in [0, 0.1) is 0 Å². The Morgan fingerprint density at radius 1 is 1.33 bits per heavy atom. The van der Waals surface area contributed by atoms with E-state index in [4.69, 9.17) is 14.4 Å². The van der Waals surface area contributed by atoms with Gasteiger partial charge < -0.3 is 14.4 Å². The number of hydrogen-bond donors (Lipinski definition) is 1. The Labute approximate surface area is 131 Å². The van der Waals surface area contributed by atoms with E-state index in [2.05, 4.69) is 21.1 Å². The largest absolute Gasteiger partial charge is 0.479 e. The lowest BCUT2D eigenvalue weighted by Crippen LogP contribution is -2.23. The summed E-state index contributed by atoms with van der Waals surface area (Å²) >= 11 is 3.39. The second-order valence-corrected chi connectivity index (χ2v) is 5.93. The quantitative estimate of drug-likeness (QED) is 0.876. The maximum absolute atomic E-state index is 10.9. The Morgan fingerprint density at radius 2 is 2.05 bits per heavy atom. The molecule has 112 valence electrons. The van der Waals surface area contributed by atoms with Gasteiger partial charge in [0.15, 0.2) is 11.9 Å². The SMILES string of the molecule is CC(Oc1ccc(Br)cc1-c1cc(C(C)C)no1)C(=O)O. The van der Waals surface area contributed by atoms with Gasteiger partial charge in [0.2, 0.25) is 0 Å². The van der Waals surface area contributed by atoms with E-state index in [9.17, 15) is 4.79 Å². The molecule has 2 rings (SSSR count). The van der Waals surface area contributed by atoms with Crippen LogP contribution in [0.25, 0.3) is 11.3 Å². The monoisotopic (exact) mass is 353 g/mol. The molecule has 0 spiro atoms. The number of halogens is 1. The summed E-state index contributed by atoms with van der Waals surface area (Å²) in [5.41, 5.74) is 1.50. The number of carboxylic acids is 1. The number of ether oxygens (including phenoxy) is 1. The van der Waals surface area contributed by atoms with E-state index in [-0.39, 0.29) is 5.92 Å². The average Bonchev–Trinajstić information content (AvgIpc) is 2.90. The highest BCUT2D eigenvalue weighted by atomic mass is 79.9. The Balaban J connectivity index is 2.40. The molecule has 1 aromatic carbocycles. The van der Waals surface area contributed by atoms with Gasteiger partial charge in [0, 0.05) is 10.5 Å². The van der Waals surface area contributed by atoms with Crippen molar-refractivity contribution in [3.8, 4) is 17.1 Å². The summed E-state index contributed by atoms with van der Waals surface area (Å²) in [6.45, 7) is 5.52. The molecule has 1 unspecified atom stereocenters. The topological polar surface area (TPSA) is 72.6 Å². The summed E-state index contributed by atoms with van der Waals surface area (Å²) in [4.78, 5) is 10.9. The minimum Gasteiger partial charge on any atom is -0.479 e. The van der Waals surface area contributed by atoms with Gasteiger partial charge in [-0.05, 0) is 31.0 Å². The van der Waals surface area contributed by atoms with Crippen molar-refractivity contribution in [2.45, 2.75) is 32.8 Å². The van der Waals surface area contributed by atoms with Gasteiger partial charge in [0.1, 0.15) is 5.75 Å². The molecule has 0 bridgehead atoms. The normalized spacial score (nSPS) is 12.4. The highest BCUT2D eigenvalue weighted by Gasteiger charge is 2.18. The molecule has 0 aliphatic rings. The predicted octanol–water partition coefficient (Wildman–Crippen LogP) is 4.08. The van der Waals surface area contributed by atoms with Crippen molar-refractivity contribution in [2.24, 2.45) is 0 Å². The lowest BCUT2D eigenvalue weighted by Gasteiger charge is -2.13. The van der Waals surface area contributed by atoms with Gasteiger partial charge in [0.25, 0.3) is 0 Å². The Bertz CT molecular complexity index is 651. The Morgan fingerprint density at radius 3 is 2.62 bits per heavy atom. The first-order chi connectivity index (χ1) is 9.88. The van der Waals surface area contributed by atoms with Crippen LogP contribution in [-0.4, -0.2) is 22.3 Å². The fraction of sp³-hybridized carbons (Fsp3) is 0.333. The molecule has 0 fully saturated rings. The van der Waals surface area contributed by atoms with Crippen LogP contribution in [0.4, 0.5) is 0 Å². The highest BCUT2D eigenvalue weighted by Crippen LogP contribution is 2.34. The first-order valence-corrected chi connectivity index (χ1v) is 7.33. The van der Waals surface area contributed by atoms with E-state index >= 15 is 0 Å². The standard InChI is InChI=1S/C15H16BrNO4/c1-8(2)12-7-14(21-17-12)11-6-10(16)4-5-13(11)20-9(3)15(18)19/h4-9H,1-3H3,(H,18,19). The summed E-state index contributed by atoms with van der Waals surface area (Å²) < 4.78 is 11.7. The van der Waals surface area contributed by atoms with E-state index in [0.29, 0.717) is 17.1 Å². The minimum absolute atomic E-state index is 0.247. The molecule has 0 saturated heterocycles. The van der Waals surface area contributed by atoms with Crippen LogP contribution in [-0.2, 0) is 4.79 Å². The molecule has 1 aromatic heterocycles. The molecule has 0 aliphatic heterocycles. The van der Waals surface area contributed by atoms with Gasteiger partial charge in [-0.1, -0.05) is 34.9 Å². The summed E-state index contributed by atoms with van der Waals surface area (Å²) in [5.74, 6) is 0.216. The number of carbonyl (C=O) groups is 1. The molecule has 6 heteroatoms. The van der Waals surface area contributed by atoms with Gasteiger partial charge in [-0.25, -0.2) is 4.79 Å². The second kappa shape index (κ2) is 6.30. The summed E-state index contributed by atoms with van der Waals surface area (Å²) in [6.07, 6.45) is -0.947. The molecule has 2 aromatic rings. The van der Waals surface area contributed by atoms with Crippen molar-refractivity contribution in [1.29, 1.82) is 0 Å². The highest BCUT2D eigenvalue weighted by molar-refractivity contribution is 9.10. The molecule has 1 heterocycles. The fourth-order valence-corrected chi connectivity index (χ4v) is 2.09. The van der Waals surface area contributed by atoms with E-state index in [0.717, 1.165) is 10.2 Å². The molecule has 0 saturated carbocycles. The molecule has 21 heavy (non-hydrogen) atoms. The molecule has 0 radical (unpaired) electrons. The third-order valence-electron chi connectivity index (χ3n) is 2.98. The van der Waals surface area contributed by atoms with Gasteiger partial charge in [-0.2, -0.15) is 0 Å².